The number of rotatable bonds is 4. The highest BCUT2D eigenvalue weighted by Crippen LogP contribution is 2.31. The topological polar surface area (TPSA) is 64.6 Å². The Morgan fingerprint density at radius 1 is 1.03 bits per heavy atom. The molecular formula is C27H34N6OS. The molecule has 1 aromatic carbocycles. The molecule has 1 amide bonds. The highest BCUT2D eigenvalue weighted by molar-refractivity contribution is 7.22. The van der Waals surface area contributed by atoms with Gasteiger partial charge in [0.15, 0.2) is 5.13 Å². The van der Waals surface area contributed by atoms with Gasteiger partial charge in [-0.15, -0.1) is 0 Å². The van der Waals surface area contributed by atoms with Crippen LogP contribution in [0.25, 0.3) is 10.2 Å². The lowest BCUT2D eigenvalue weighted by atomic mass is 9.95. The molecule has 1 N–H and O–H groups in total. The number of thiazole rings is 1. The summed E-state index contributed by atoms with van der Waals surface area (Å²) in [6.07, 6.45) is 7.42. The Kier molecular flexibility index (Phi) is 6.33. The predicted octanol–water partition coefficient (Wildman–Crippen LogP) is 4.14. The first kappa shape index (κ1) is 22.7. The molecule has 0 atom stereocenters. The van der Waals surface area contributed by atoms with Crippen LogP contribution in [0.4, 0.5) is 10.9 Å². The van der Waals surface area contributed by atoms with Crippen molar-refractivity contribution in [1.82, 2.24) is 19.8 Å². The van der Waals surface area contributed by atoms with Gasteiger partial charge in [-0.1, -0.05) is 35.6 Å². The molecule has 0 aliphatic carbocycles. The zero-order valence-corrected chi connectivity index (χ0v) is 21.3. The molecule has 2 saturated heterocycles. The third-order valence-electron chi connectivity index (χ3n) is 7.99. The molecule has 7 nitrogen and oxygen atoms in total. The van der Waals surface area contributed by atoms with Crippen LogP contribution in [-0.2, 0) is 17.8 Å². The normalized spacial score (nSPS) is 20.3. The minimum absolute atomic E-state index is 0.173. The first-order valence-electron chi connectivity index (χ1n) is 13.0. The second-order valence-corrected chi connectivity index (χ2v) is 11.2. The maximum Gasteiger partial charge on any atom is 0.219 e. The summed E-state index contributed by atoms with van der Waals surface area (Å²) in [5.74, 6) is 1.25. The van der Waals surface area contributed by atoms with Gasteiger partial charge < -0.3 is 15.1 Å². The van der Waals surface area contributed by atoms with E-state index < -0.39 is 0 Å². The molecule has 0 bridgehead atoms. The largest absolute Gasteiger partial charge is 0.359 e. The fourth-order valence-electron chi connectivity index (χ4n) is 5.86. The molecule has 2 fully saturated rings. The van der Waals surface area contributed by atoms with E-state index >= 15 is 0 Å². The number of anilines is 2. The van der Waals surface area contributed by atoms with Crippen LogP contribution in [0.1, 0.15) is 43.7 Å². The van der Waals surface area contributed by atoms with Gasteiger partial charge in [-0.25, -0.2) is 9.97 Å². The number of nitrogens with one attached hydrogen (secondary N) is 1. The molecule has 0 radical (unpaired) electrons. The maximum atomic E-state index is 11.6. The first-order chi connectivity index (χ1) is 17.1. The Labute approximate surface area is 211 Å². The second-order valence-electron chi connectivity index (χ2n) is 10.2. The fourth-order valence-corrected chi connectivity index (χ4v) is 6.80. The third-order valence-corrected chi connectivity index (χ3v) is 8.94. The standard InChI is InChI=1S/C27H34N6OS/c1-19(34)31-12-7-22(8-13-31)29-27-30-24-17-28-26(16-25(24)35-27)32-14-9-23(10-15-32)33-11-6-20-4-2-3-5-21(20)18-33/h2-5,16-17,22-23H,6-15,18H2,1H3,(H,29,30). The number of carbonyl (C=O) groups is 1. The molecule has 8 heteroatoms. The van der Waals surface area contributed by atoms with Gasteiger partial charge in [0.05, 0.1) is 10.9 Å². The number of aromatic nitrogens is 2. The minimum atomic E-state index is 0.173. The number of hydrogen-bond acceptors (Lipinski definition) is 7. The number of fused-ring (bicyclic) bond motifs is 2. The molecule has 0 saturated carbocycles. The zero-order valence-electron chi connectivity index (χ0n) is 20.4. The van der Waals surface area contributed by atoms with Gasteiger partial charge in [-0.05, 0) is 43.2 Å². The SMILES string of the molecule is CC(=O)N1CCC(Nc2nc3cnc(N4CCC(N5CCc6ccccc6C5)CC4)cc3s2)CC1. The van der Waals surface area contributed by atoms with Gasteiger partial charge in [0.2, 0.25) is 5.91 Å². The monoisotopic (exact) mass is 490 g/mol. The van der Waals surface area contributed by atoms with Crippen molar-refractivity contribution in [3.05, 3.63) is 47.7 Å². The van der Waals surface area contributed by atoms with Crippen LogP contribution in [0.5, 0.6) is 0 Å². The molecule has 3 aliphatic rings. The molecular weight excluding hydrogens is 456 g/mol. The molecule has 0 spiro atoms. The Morgan fingerprint density at radius 2 is 1.80 bits per heavy atom. The highest BCUT2D eigenvalue weighted by atomic mass is 32.1. The second kappa shape index (κ2) is 9.74. The van der Waals surface area contributed by atoms with E-state index in [1.54, 1.807) is 18.3 Å². The molecule has 5 heterocycles. The Morgan fingerprint density at radius 3 is 2.57 bits per heavy atom. The number of hydrogen-bond donors (Lipinski definition) is 1. The van der Waals surface area contributed by atoms with Crippen molar-refractivity contribution in [2.24, 2.45) is 0 Å². The van der Waals surface area contributed by atoms with Crippen LogP contribution in [0.2, 0.25) is 0 Å². The summed E-state index contributed by atoms with van der Waals surface area (Å²) in [4.78, 5) is 28.2. The van der Waals surface area contributed by atoms with Crippen LogP contribution in [0, 0.1) is 0 Å². The van der Waals surface area contributed by atoms with Gasteiger partial charge in [0.25, 0.3) is 0 Å². The number of piperidine rings is 2. The molecule has 2 aromatic heterocycles. The summed E-state index contributed by atoms with van der Waals surface area (Å²) in [7, 11) is 0. The van der Waals surface area contributed by atoms with Crippen molar-refractivity contribution >= 4 is 38.4 Å². The molecule has 6 rings (SSSR count). The summed E-state index contributed by atoms with van der Waals surface area (Å²) >= 11 is 1.72. The molecule has 3 aliphatic heterocycles. The van der Waals surface area contributed by atoms with Gasteiger partial charge in [0.1, 0.15) is 11.3 Å². The molecule has 35 heavy (non-hydrogen) atoms. The van der Waals surface area contributed by atoms with E-state index in [1.165, 1.54) is 41.6 Å². The quantitative estimate of drug-likeness (QED) is 0.593. The Hall–Kier alpha value is -2.71. The van der Waals surface area contributed by atoms with Crippen molar-refractivity contribution in [2.75, 3.05) is 42.9 Å². The van der Waals surface area contributed by atoms with E-state index in [0.717, 1.165) is 62.0 Å². The number of nitrogens with zero attached hydrogens (tertiary/aromatic N) is 5. The van der Waals surface area contributed by atoms with E-state index in [9.17, 15) is 4.79 Å². The van der Waals surface area contributed by atoms with E-state index in [4.69, 9.17) is 9.97 Å². The number of likely N-dealkylation sites (tertiary alicyclic amines) is 1. The number of pyridine rings is 1. The van der Waals surface area contributed by atoms with Crippen molar-refractivity contribution in [2.45, 2.75) is 57.7 Å². The van der Waals surface area contributed by atoms with Gasteiger partial charge >= 0.3 is 0 Å². The van der Waals surface area contributed by atoms with Crippen LogP contribution in [-0.4, -0.2) is 70.5 Å². The van der Waals surface area contributed by atoms with Gasteiger partial charge in [-0.2, -0.15) is 0 Å². The molecule has 3 aromatic rings. The molecule has 0 unspecified atom stereocenters. The van der Waals surface area contributed by atoms with Gasteiger partial charge in [0, 0.05) is 64.3 Å². The lowest BCUT2D eigenvalue weighted by molar-refractivity contribution is -0.129. The smallest absolute Gasteiger partial charge is 0.219 e. The van der Waals surface area contributed by atoms with Crippen molar-refractivity contribution in [3.8, 4) is 0 Å². The summed E-state index contributed by atoms with van der Waals surface area (Å²) in [6.45, 7) is 7.68. The Bertz CT molecular complexity index is 1200. The number of carbonyl (C=O) groups excluding carboxylic acids is 1. The van der Waals surface area contributed by atoms with Crippen LogP contribution in [0.3, 0.4) is 0 Å². The van der Waals surface area contributed by atoms with E-state index in [0.29, 0.717) is 12.1 Å². The van der Waals surface area contributed by atoms with Gasteiger partial charge in [-0.3, -0.25) is 9.69 Å². The number of amides is 1. The average molecular weight is 491 g/mol. The summed E-state index contributed by atoms with van der Waals surface area (Å²) < 4.78 is 1.19. The maximum absolute atomic E-state index is 11.6. The lowest BCUT2D eigenvalue weighted by Gasteiger charge is -2.41. The first-order valence-corrected chi connectivity index (χ1v) is 13.8. The molecule has 184 valence electrons. The lowest BCUT2D eigenvalue weighted by Crippen LogP contribution is -2.46. The van der Waals surface area contributed by atoms with Crippen LogP contribution >= 0.6 is 11.3 Å². The highest BCUT2D eigenvalue weighted by Gasteiger charge is 2.28. The van der Waals surface area contributed by atoms with Crippen molar-refractivity contribution in [3.63, 3.8) is 0 Å². The van der Waals surface area contributed by atoms with Crippen LogP contribution in [0.15, 0.2) is 36.5 Å². The van der Waals surface area contributed by atoms with E-state index in [2.05, 4.69) is 45.4 Å². The third kappa shape index (κ3) is 4.86. The minimum Gasteiger partial charge on any atom is -0.359 e. The van der Waals surface area contributed by atoms with Crippen LogP contribution < -0.4 is 10.2 Å². The summed E-state index contributed by atoms with van der Waals surface area (Å²) in [6, 6.07) is 12.2. The predicted molar refractivity (Wildman–Crippen MR) is 142 cm³/mol. The fraction of sp³-hybridized carbons (Fsp3) is 0.519. The van der Waals surface area contributed by atoms with Crippen molar-refractivity contribution < 1.29 is 4.79 Å². The van der Waals surface area contributed by atoms with E-state index in [1.807, 2.05) is 11.1 Å². The number of benzene rings is 1. The van der Waals surface area contributed by atoms with Crippen molar-refractivity contribution in [1.29, 1.82) is 0 Å². The summed E-state index contributed by atoms with van der Waals surface area (Å²) in [5.41, 5.74) is 4.00. The summed E-state index contributed by atoms with van der Waals surface area (Å²) in [5, 5.41) is 4.56. The Balaban J connectivity index is 1.06. The van der Waals surface area contributed by atoms with E-state index in [-0.39, 0.29) is 5.91 Å². The zero-order chi connectivity index (χ0) is 23.8. The average Bonchev–Trinajstić information content (AvgIpc) is 3.30.